The molecule has 0 radical (unpaired) electrons. The predicted octanol–water partition coefficient (Wildman–Crippen LogP) is 4.35. The number of nitrogens with zero attached hydrogens (tertiary/aromatic N) is 1. The molecular formula is C18H18ClF3N2. The molecule has 3 rings (SSSR count). The molecule has 1 N–H and O–H groups in total. The number of rotatable bonds is 3. The van der Waals surface area contributed by atoms with Crippen molar-refractivity contribution in [3.63, 3.8) is 0 Å². The molecule has 0 unspecified atom stereocenters. The summed E-state index contributed by atoms with van der Waals surface area (Å²) in [7, 11) is 0. The molecule has 24 heavy (non-hydrogen) atoms. The molecule has 0 amide bonds. The fourth-order valence-corrected chi connectivity index (χ4v) is 3.29. The van der Waals surface area contributed by atoms with Crippen molar-refractivity contribution in [2.45, 2.75) is 12.2 Å². The zero-order chi connectivity index (χ0) is 17.2. The minimum Gasteiger partial charge on any atom is -0.314 e. The molecule has 0 aliphatic carbocycles. The van der Waals surface area contributed by atoms with Gasteiger partial charge in [-0.2, -0.15) is 13.2 Å². The van der Waals surface area contributed by atoms with E-state index in [9.17, 15) is 13.2 Å². The fraction of sp³-hybridized carbons (Fsp3) is 0.333. The van der Waals surface area contributed by atoms with Crippen LogP contribution in [0.1, 0.15) is 22.7 Å². The minimum absolute atomic E-state index is 0.286. The summed E-state index contributed by atoms with van der Waals surface area (Å²) in [6, 6.07) is 12.4. The lowest BCUT2D eigenvalue weighted by atomic mass is 9.92. The van der Waals surface area contributed by atoms with Crippen LogP contribution in [0.25, 0.3) is 0 Å². The molecule has 2 aromatic carbocycles. The minimum atomic E-state index is -4.38. The molecule has 1 aliphatic heterocycles. The Morgan fingerprint density at radius 1 is 0.958 bits per heavy atom. The lowest BCUT2D eigenvalue weighted by Crippen LogP contribution is -2.45. The Labute approximate surface area is 144 Å². The van der Waals surface area contributed by atoms with E-state index in [1.807, 2.05) is 12.1 Å². The number of benzene rings is 2. The third-order valence-corrected chi connectivity index (χ3v) is 4.52. The molecule has 1 atom stereocenters. The maximum atomic E-state index is 13.5. The van der Waals surface area contributed by atoms with Gasteiger partial charge in [-0.15, -0.1) is 0 Å². The number of hydrogen-bond acceptors (Lipinski definition) is 2. The first-order chi connectivity index (χ1) is 11.5. The van der Waals surface area contributed by atoms with Gasteiger partial charge in [-0.05, 0) is 29.3 Å². The highest BCUT2D eigenvalue weighted by Gasteiger charge is 2.37. The summed E-state index contributed by atoms with van der Waals surface area (Å²) in [5, 5.41) is 3.81. The van der Waals surface area contributed by atoms with Crippen molar-refractivity contribution in [1.82, 2.24) is 10.2 Å². The van der Waals surface area contributed by atoms with Gasteiger partial charge >= 0.3 is 6.18 Å². The number of piperazine rings is 1. The summed E-state index contributed by atoms with van der Waals surface area (Å²) < 4.78 is 40.5. The molecule has 2 aromatic rings. The maximum absolute atomic E-state index is 13.5. The van der Waals surface area contributed by atoms with Crippen LogP contribution in [0.3, 0.4) is 0 Å². The Hall–Kier alpha value is -1.56. The van der Waals surface area contributed by atoms with Crippen LogP contribution in [0.15, 0.2) is 48.5 Å². The van der Waals surface area contributed by atoms with Crippen LogP contribution in [-0.2, 0) is 6.18 Å². The topological polar surface area (TPSA) is 15.3 Å². The van der Waals surface area contributed by atoms with Gasteiger partial charge in [0, 0.05) is 31.2 Å². The molecule has 0 saturated carbocycles. The van der Waals surface area contributed by atoms with E-state index < -0.39 is 17.8 Å². The second-order valence-corrected chi connectivity index (χ2v) is 6.26. The quantitative estimate of drug-likeness (QED) is 0.881. The Morgan fingerprint density at radius 2 is 1.58 bits per heavy atom. The van der Waals surface area contributed by atoms with Crippen molar-refractivity contribution in [2.24, 2.45) is 0 Å². The molecule has 1 fully saturated rings. The number of hydrogen-bond donors (Lipinski definition) is 1. The van der Waals surface area contributed by atoms with Gasteiger partial charge < -0.3 is 5.32 Å². The van der Waals surface area contributed by atoms with Gasteiger partial charge in [-0.25, -0.2) is 0 Å². The first-order valence-electron chi connectivity index (χ1n) is 7.83. The smallest absolute Gasteiger partial charge is 0.314 e. The van der Waals surface area contributed by atoms with Gasteiger partial charge in [0.05, 0.1) is 11.6 Å². The third-order valence-electron chi connectivity index (χ3n) is 4.26. The average Bonchev–Trinajstić information content (AvgIpc) is 2.57. The average molecular weight is 355 g/mol. The maximum Gasteiger partial charge on any atom is 0.416 e. The van der Waals surface area contributed by atoms with Gasteiger partial charge in [-0.1, -0.05) is 41.9 Å². The summed E-state index contributed by atoms with van der Waals surface area (Å²) in [6.45, 7) is 2.91. The molecule has 1 saturated heterocycles. The largest absolute Gasteiger partial charge is 0.416 e. The summed E-state index contributed by atoms with van der Waals surface area (Å²) in [5.41, 5.74) is 0.524. The summed E-state index contributed by atoms with van der Waals surface area (Å²) >= 11 is 5.95. The molecular weight excluding hydrogens is 337 g/mol. The van der Waals surface area contributed by atoms with E-state index >= 15 is 0 Å². The standard InChI is InChI=1S/C18H18ClF3N2/c19-14-7-5-13(6-8-14)17(24-11-9-23-10-12-24)15-3-1-2-4-16(15)18(20,21)22/h1-8,17,23H,9-12H2/t17-/m1/s1. The second kappa shape index (κ2) is 7.13. The zero-order valence-electron chi connectivity index (χ0n) is 13.0. The van der Waals surface area contributed by atoms with Crippen molar-refractivity contribution in [1.29, 1.82) is 0 Å². The molecule has 0 aromatic heterocycles. The normalized spacial score (nSPS) is 17.7. The van der Waals surface area contributed by atoms with E-state index in [0.29, 0.717) is 18.1 Å². The van der Waals surface area contributed by atoms with Crippen molar-refractivity contribution in [3.05, 3.63) is 70.2 Å². The Kier molecular flexibility index (Phi) is 5.13. The van der Waals surface area contributed by atoms with Gasteiger partial charge in [0.2, 0.25) is 0 Å². The highest BCUT2D eigenvalue weighted by atomic mass is 35.5. The predicted molar refractivity (Wildman–Crippen MR) is 89.2 cm³/mol. The van der Waals surface area contributed by atoms with Crippen molar-refractivity contribution < 1.29 is 13.2 Å². The zero-order valence-corrected chi connectivity index (χ0v) is 13.7. The number of nitrogens with one attached hydrogen (secondary N) is 1. The van der Waals surface area contributed by atoms with Crippen LogP contribution in [0.5, 0.6) is 0 Å². The molecule has 2 nitrogen and oxygen atoms in total. The van der Waals surface area contributed by atoms with Gasteiger partial charge in [0.25, 0.3) is 0 Å². The lowest BCUT2D eigenvalue weighted by Gasteiger charge is -2.36. The highest BCUT2D eigenvalue weighted by Crippen LogP contribution is 2.39. The Bertz CT molecular complexity index is 679. The molecule has 0 spiro atoms. The summed E-state index contributed by atoms with van der Waals surface area (Å²) in [6.07, 6.45) is -4.38. The van der Waals surface area contributed by atoms with E-state index in [1.54, 1.807) is 24.3 Å². The summed E-state index contributed by atoms with van der Waals surface area (Å²) in [5.74, 6) is 0. The van der Waals surface area contributed by atoms with Crippen molar-refractivity contribution in [3.8, 4) is 0 Å². The fourth-order valence-electron chi connectivity index (χ4n) is 3.17. The SMILES string of the molecule is FC(F)(F)c1ccccc1[C@@H](c1ccc(Cl)cc1)N1CCNCC1. The Morgan fingerprint density at radius 3 is 2.21 bits per heavy atom. The van der Waals surface area contributed by atoms with E-state index in [1.165, 1.54) is 6.07 Å². The number of alkyl halides is 3. The van der Waals surface area contributed by atoms with E-state index in [2.05, 4.69) is 10.2 Å². The summed E-state index contributed by atoms with van der Waals surface area (Å²) in [4.78, 5) is 2.09. The molecule has 6 heteroatoms. The van der Waals surface area contributed by atoms with Crippen LogP contribution < -0.4 is 5.32 Å². The first-order valence-corrected chi connectivity index (χ1v) is 8.21. The van der Waals surface area contributed by atoms with Crippen LogP contribution in [-0.4, -0.2) is 31.1 Å². The lowest BCUT2D eigenvalue weighted by molar-refractivity contribution is -0.138. The van der Waals surface area contributed by atoms with Crippen molar-refractivity contribution in [2.75, 3.05) is 26.2 Å². The Balaban J connectivity index is 2.09. The van der Waals surface area contributed by atoms with Gasteiger partial charge in [-0.3, -0.25) is 4.90 Å². The molecule has 1 heterocycles. The third kappa shape index (κ3) is 3.74. The molecule has 1 aliphatic rings. The van der Waals surface area contributed by atoms with E-state index in [-0.39, 0.29) is 5.56 Å². The van der Waals surface area contributed by atoms with E-state index in [4.69, 9.17) is 11.6 Å². The van der Waals surface area contributed by atoms with Crippen LogP contribution in [0.2, 0.25) is 5.02 Å². The van der Waals surface area contributed by atoms with Gasteiger partial charge in [0.1, 0.15) is 0 Å². The highest BCUT2D eigenvalue weighted by molar-refractivity contribution is 6.30. The monoisotopic (exact) mass is 354 g/mol. The van der Waals surface area contributed by atoms with Crippen LogP contribution in [0.4, 0.5) is 13.2 Å². The second-order valence-electron chi connectivity index (χ2n) is 5.83. The first kappa shape index (κ1) is 17.3. The van der Waals surface area contributed by atoms with E-state index in [0.717, 1.165) is 24.7 Å². The van der Waals surface area contributed by atoms with Crippen LogP contribution in [0, 0.1) is 0 Å². The van der Waals surface area contributed by atoms with Crippen molar-refractivity contribution >= 4 is 11.6 Å². The molecule has 0 bridgehead atoms. The van der Waals surface area contributed by atoms with Gasteiger partial charge in [0.15, 0.2) is 0 Å². The van der Waals surface area contributed by atoms with Crippen LogP contribution >= 0.6 is 11.6 Å². The molecule has 128 valence electrons. The number of halogens is 4.